The highest BCUT2D eigenvalue weighted by molar-refractivity contribution is 8.00. The van der Waals surface area contributed by atoms with Crippen LogP contribution in [-0.2, 0) is 9.53 Å². The molecule has 7 heteroatoms. The van der Waals surface area contributed by atoms with Crippen molar-refractivity contribution in [1.29, 1.82) is 0 Å². The van der Waals surface area contributed by atoms with Crippen molar-refractivity contribution >= 4 is 29.6 Å². The second-order valence-corrected chi connectivity index (χ2v) is 7.45. The molecule has 0 atom stereocenters. The lowest BCUT2D eigenvalue weighted by Gasteiger charge is -2.29. The summed E-state index contributed by atoms with van der Waals surface area (Å²) in [6.07, 6.45) is 1.69. The van der Waals surface area contributed by atoms with E-state index in [1.165, 1.54) is 17.4 Å². The highest BCUT2D eigenvalue weighted by Gasteiger charge is 2.11. The Hall–Kier alpha value is -2.51. The minimum absolute atomic E-state index is 0.139. The lowest BCUT2D eigenvalue weighted by molar-refractivity contribution is -0.118. The lowest BCUT2D eigenvalue weighted by Crippen LogP contribution is -2.36. The molecule has 0 radical (unpaired) electrons. The summed E-state index contributed by atoms with van der Waals surface area (Å²) in [5.74, 6) is 0.964. The van der Waals surface area contributed by atoms with Crippen molar-refractivity contribution in [1.82, 2.24) is 5.43 Å². The molecule has 2 aromatic carbocycles. The number of hydrogen-bond donors (Lipinski definition) is 1. The number of anilines is 1. The number of nitrogens with one attached hydrogen (secondary N) is 1. The molecule has 1 fully saturated rings. The van der Waals surface area contributed by atoms with Crippen LogP contribution in [0, 0.1) is 6.92 Å². The summed E-state index contributed by atoms with van der Waals surface area (Å²) >= 11 is 1.46. The molecule has 6 nitrogen and oxygen atoms in total. The number of carbonyl (C=O) groups excluding carboxylic acids is 1. The standard InChI is InChI=1S/C21H25N3O3S/c1-16-13-18(24-9-11-27-12-10-24)4-3-17(16)14-22-23-21(25)15-28-20-7-5-19(26-2)6-8-20/h3-8,13-14H,9-12,15H2,1-2H3,(H,23,25)/b22-14+. The molecule has 0 spiro atoms. The Bertz CT molecular complexity index is 818. The molecule has 0 saturated carbocycles. The number of methoxy groups -OCH3 is 1. The minimum atomic E-state index is -0.139. The summed E-state index contributed by atoms with van der Waals surface area (Å²) in [5.41, 5.74) is 5.89. The quantitative estimate of drug-likeness (QED) is 0.440. The van der Waals surface area contributed by atoms with Gasteiger partial charge in [0.15, 0.2) is 0 Å². The number of nitrogens with zero attached hydrogens (tertiary/aromatic N) is 2. The molecule has 1 heterocycles. The van der Waals surface area contributed by atoms with Crippen molar-refractivity contribution in [3.8, 4) is 5.75 Å². The van der Waals surface area contributed by atoms with Crippen molar-refractivity contribution in [2.45, 2.75) is 11.8 Å². The first-order valence-corrected chi connectivity index (χ1v) is 10.2. The van der Waals surface area contributed by atoms with Crippen LogP contribution in [0.15, 0.2) is 52.5 Å². The maximum atomic E-state index is 12.0. The van der Waals surface area contributed by atoms with Crippen LogP contribution >= 0.6 is 11.8 Å². The van der Waals surface area contributed by atoms with Crippen LogP contribution in [0.25, 0.3) is 0 Å². The van der Waals surface area contributed by atoms with E-state index in [4.69, 9.17) is 9.47 Å². The van der Waals surface area contributed by atoms with E-state index in [0.717, 1.165) is 48.1 Å². The monoisotopic (exact) mass is 399 g/mol. The number of thioether (sulfide) groups is 1. The second kappa shape index (κ2) is 10.1. The molecule has 2 aromatic rings. The van der Waals surface area contributed by atoms with Gasteiger partial charge in [-0.25, -0.2) is 5.43 Å². The molecule has 0 aliphatic carbocycles. The molecule has 148 valence electrons. The lowest BCUT2D eigenvalue weighted by atomic mass is 10.1. The number of hydrogen-bond acceptors (Lipinski definition) is 6. The summed E-state index contributed by atoms with van der Waals surface area (Å²) in [6.45, 7) is 5.40. The summed E-state index contributed by atoms with van der Waals surface area (Å²) in [6, 6.07) is 13.9. The zero-order valence-electron chi connectivity index (χ0n) is 16.2. The van der Waals surface area contributed by atoms with E-state index in [1.54, 1.807) is 13.3 Å². The third kappa shape index (κ3) is 5.74. The number of hydrazone groups is 1. The van der Waals surface area contributed by atoms with Crippen molar-refractivity contribution in [2.75, 3.05) is 44.1 Å². The maximum absolute atomic E-state index is 12.0. The largest absolute Gasteiger partial charge is 0.497 e. The Kier molecular flexibility index (Phi) is 7.33. The first kappa shape index (κ1) is 20.2. The van der Waals surface area contributed by atoms with E-state index in [9.17, 15) is 4.79 Å². The second-order valence-electron chi connectivity index (χ2n) is 6.40. The molecule has 0 bridgehead atoms. The van der Waals surface area contributed by atoms with Crippen molar-refractivity contribution in [2.24, 2.45) is 5.10 Å². The van der Waals surface area contributed by atoms with Crippen molar-refractivity contribution in [3.05, 3.63) is 53.6 Å². The van der Waals surface area contributed by atoms with E-state index in [0.29, 0.717) is 5.75 Å². The first-order chi connectivity index (χ1) is 13.7. The highest BCUT2D eigenvalue weighted by atomic mass is 32.2. The summed E-state index contributed by atoms with van der Waals surface area (Å²) in [5, 5.41) is 4.09. The Morgan fingerprint density at radius 1 is 1.25 bits per heavy atom. The van der Waals surface area contributed by atoms with Gasteiger partial charge in [-0.15, -0.1) is 11.8 Å². The highest BCUT2D eigenvalue weighted by Crippen LogP contribution is 2.21. The van der Waals surface area contributed by atoms with Crippen LogP contribution in [0.1, 0.15) is 11.1 Å². The van der Waals surface area contributed by atoms with Crippen LogP contribution in [0.4, 0.5) is 5.69 Å². The van der Waals surface area contributed by atoms with Gasteiger partial charge in [0.1, 0.15) is 5.75 Å². The molecule has 1 amide bonds. The van der Waals surface area contributed by atoms with Gasteiger partial charge < -0.3 is 14.4 Å². The molecule has 1 N–H and O–H groups in total. The smallest absolute Gasteiger partial charge is 0.250 e. The molecular weight excluding hydrogens is 374 g/mol. The van der Waals surface area contributed by atoms with Crippen molar-refractivity contribution in [3.63, 3.8) is 0 Å². The molecule has 1 aliphatic heterocycles. The average Bonchev–Trinajstić information content (AvgIpc) is 2.74. The summed E-state index contributed by atoms with van der Waals surface area (Å²) in [4.78, 5) is 15.3. The predicted octanol–water partition coefficient (Wildman–Crippen LogP) is 3.08. The molecule has 3 rings (SSSR count). The maximum Gasteiger partial charge on any atom is 0.250 e. The van der Waals surface area contributed by atoms with E-state index in [1.807, 2.05) is 37.3 Å². The van der Waals surface area contributed by atoms with Crippen LogP contribution < -0.4 is 15.1 Å². The number of ether oxygens (including phenoxy) is 2. The van der Waals surface area contributed by atoms with Crippen LogP contribution in [0.3, 0.4) is 0 Å². The van der Waals surface area contributed by atoms with Gasteiger partial charge in [0, 0.05) is 23.7 Å². The Morgan fingerprint density at radius 2 is 2.00 bits per heavy atom. The van der Waals surface area contributed by atoms with E-state index in [-0.39, 0.29) is 5.91 Å². The van der Waals surface area contributed by atoms with Gasteiger partial charge in [-0.1, -0.05) is 6.07 Å². The topological polar surface area (TPSA) is 63.2 Å². The third-order valence-electron chi connectivity index (χ3n) is 4.45. The number of morpholine rings is 1. The van der Waals surface area contributed by atoms with Gasteiger partial charge in [0.25, 0.3) is 0 Å². The van der Waals surface area contributed by atoms with Crippen LogP contribution in [0.5, 0.6) is 5.75 Å². The number of rotatable bonds is 7. The van der Waals surface area contributed by atoms with Gasteiger partial charge in [-0.3, -0.25) is 4.79 Å². The zero-order chi connectivity index (χ0) is 19.8. The predicted molar refractivity (Wildman–Crippen MR) is 114 cm³/mol. The molecule has 1 aliphatic rings. The fourth-order valence-electron chi connectivity index (χ4n) is 2.85. The SMILES string of the molecule is COc1ccc(SCC(=O)N/N=C/c2ccc(N3CCOCC3)cc2C)cc1. The van der Waals surface area contributed by atoms with Gasteiger partial charge >= 0.3 is 0 Å². The van der Waals surface area contributed by atoms with Gasteiger partial charge in [-0.2, -0.15) is 5.10 Å². The van der Waals surface area contributed by atoms with E-state index in [2.05, 4.69) is 27.6 Å². The Balaban J connectivity index is 1.48. The molecule has 0 unspecified atom stereocenters. The number of carbonyl (C=O) groups is 1. The minimum Gasteiger partial charge on any atom is -0.497 e. The fourth-order valence-corrected chi connectivity index (χ4v) is 3.54. The van der Waals surface area contributed by atoms with Gasteiger partial charge in [0.05, 0.1) is 32.3 Å². The summed E-state index contributed by atoms with van der Waals surface area (Å²) in [7, 11) is 1.63. The normalized spacial score (nSPS) is 14.3. The van der Waals surface area contributed by atoms with Crippen LogP contribution in [0.2, 0.25) is 0 Å². The first-order valence-electron chi connectivity index (χ1n) is 9.18. The summed E-state index contributed by atoms with van der Waals surface area (Å²) < 4.78 is 10.5. The Labute approximate surface area is 169 Å². The molecule has 28 heavy (non-hydrogen) atoms. The van der Waals surface area contributed by atoms with E-state index >= 15 is 0 Å². The Morgan fingerprint density at radius 3 is 2.68 bits per heavy atom. The third-order valence-corrected chi connectivity index (χ3v) is 5.46. The average molecular weight is 400 g/mol. The van der Waals surface area contributed by atoms with Crippen molar-refractivity contribution < 1.29 is 14.3 Å². The number of amides is 1. The van der Waals surface area contributed by atoms with Gasteiger partial charge in [0.2, 0.25) is 5.91 Å². The zero-order valence-corrected chi connectivity index (χ0v) is 17.0. The molecule has 1 saturated heterocycles. The van der Waals surface area contributed by atoms with Crippen LogP contribution in [-0.4, -0.2) is 51.3 Å². The number of benzene rings is 2. The van der Waals surface area contributed by atoms with Gasteiger partial charge in [-0.05, 0) is 54.4 Å². The van der Waals surface area contributed by atoms with E-state index < -0.39 is 0 Å². The molecule has 0 aromatic heterocycles. The fraction of sp³-hybridized carbons (Fsp3) is 0.333. The number of aryl methyl sites for hydroxylation is 1. The molecular formula is C21H25N3O3S.